The van der Waals surface area contributed by atoms with Crippen LogP contribution in [0.15, 0.2) is 18.2 Å². The number of anilines is 1. The summed E-state index contributed by atoms with van der Waals surface area (Å²) in [5, 5.41) is 3.50. The third kappa shape index (κ3) is 6.64. The number of benzene rings is 1. The minimum Gasteiger partial charge on any atom is -0.325 e. The van der Waals surface area contributed by atoms with Crippen LogP contribution in [0.1, 0.15) is 65.4 Å². The summed E-state index contributed by atoms with van der Waals surface area (Å²) in [5.74, 6) is 0.444. The Balaban J connectivity index is 2.46. The molecule has 0 bridgehead atoms. The van der Waals surface area contributed by atoms with Crippen molar-refractivity contribution in [1.29, 1.82) is 0 Å². The van der Waals surface area contributed by atoms with Gasteiger partial charge in [-0.3, -0.25) is 9.59 Å². The van der Waals surface area contributed by atoms with Gasteiger partial charge in [0.05, 0.1) is 10.7 Å². The lowest BCUT2D eigenvalue weighted by Crippen LogP contribution is -2.18. The van der Waals surface area contributed by atoms with Crippen molar-refractivity contribution in [3.8, 4) is 0 Å². The molecule has 0 saturated carbocycles. The summed E-state index contributed by atoms with van der Waals surface area (Å²) in [5.41, 5.74) is 1.73. The first-order valence-corrected chi connectivity index (χ1v) is 9.35. The third-order valence-corrected chi connectivity index (χ3v) is 4.84. The zero-order valence-electron chi connectivity index (χ0n) is 15.3. The standard InChI is InChI=1S/C20H30ClNO2/c1-5-15(4)18(23)13-8-6-7-10-16-11-9-12-17(19(16)21)22-20(24)14(2)3/h9,11-12,14-15H,5-8,10,13H2,1-4H3,(H,22,24). The second-order valence-electron chi connectivity index (χ2n) is 6.76. The van der Waals surface area contributed by atoms with Crippen LogP contribution >= 0.6 is 11.6 Å². The number of hydrogen-bond acceptors (Lipinski definition) is 2. The Labute approximate surface area is 151 Å². The largest absolute Gasteiger partial charge is 0.325 e. The topological polar surface area (TPSA) is 46.2 Å². The van der Waals surface area contributed by atoms with Crippen molar-refractivity contribution in [2.24, 2.45) is 11.8 Å². The monoisotopic (exact) mass is 351 g/mol. The fourth-order valence-corrected chi connectivity index (χ4v) is 2.68. The highest BCUT2D eigenvalue weighted by Crippen LogP contribution is 2.27. The number of halogens is 1. The van der Waals surface area contributed by atoms with Gasteiger partial charge in [-0.2, -0.15) is 0 Å². The smallest absolute Gasteiger partial charge is 0.226 e. The summed E-state index contributed by atoms with van der Waals surface area (Å²) in [6, 6.07) is 5.75. The molecule has 0 aliphatic rings. The maximum absolute atomic E-state index is 11.8. The van der Waals surface area contributed by atoms with E-state index in [-0.39, 0.29) is 17.7 Å². The molecule has 1 rings (SSSR count). The molecule has 0 aliphatic carbocycles. The van der Waals surface area contributed by atoms with Crippen molar-refractivity contribution in [2.75, 3.05) is 5.32 Å². The number of hydrogen-bond donors (Lipinski definition) is 1. The predicted octanol–water partition coefficient (Wildman–Crippen LogP) is 5.65. The van der Waals surface area contributed by atoms with E-state index in [0.717, 1.165) is 37.7 Å². The molecule has 1 N–H and O–H groups in total. The number of carbonyl (C=O) groups is 2. The van der Waals surface area contributed by atoms with Crippen molar-refractivity contribution in [1.82, 2.24) is 0 Å². The van der Waals surface area contributed by atoms with E-state index in [2.05, 4.69) is 12.2 Å². The Kier molecular flexibility index (Phi) is 9.05. The lowest BCUT2D eigenvalue weighted by molar-refractivity contribution is -0.122. The zero-order valence-corrected chi connectivity index (χ0v) is 16.1. The van der Waals surface area contributed by atoms with Crippen LogP contribution in [0.5, 0.6) is 0 Å². The zero-order chi connectivity index (χ0) is 18.1. The average Bonchev–Trinajstić information content (AvgIpc) is 2.56. The van der Waals surface area contributed by atoms with E-state index in [1.165, 1.54) is 0 Å². The van der Waals surface area contributed by atoms with Gasteiger partial charge in [0.15, 0.2) is 0 Å². The molecule has 0 radical (unpaired) electrons. The molecule has 1 atom stereocenters. The third-order valence-electron chi connectivity index (χ3n) is 4.39. The number of unbranched alkanes of at least 4 members (excludes halogenated alkanes) is 2. The van der Waals surface area contributed by atoms with Crippen molar-refractivity contribution in [3.05, 3.63) is 28.8 Å². The second-order valence-corrected chi connectivity index (χ2v) is 7.14. The van der Waals surface area contributed by atoms with Crippen LogP contribution in [0.2, 0.25) is 5.02 Å². The molecule has 0 fully saturated rings. The van der Waals surface area contributed by atoms with Crippen LogP contribution in [0, 0.1) is 11.8 Å². The molecule has 3 nitrogen and oxygen atoms in total. The maximum Gasteiger partial charge on any atom is 0.226 e. The van der Waals surface area contributed by atoms with Crippen LogP contribution < -0.4 is 5.32 Å². The first-order chi connectivity index (χ1) is 11.4. The minimum atomic E-state index is -0.0761. The summed E-state index contributed by atoms with van der Waals surface area (Å²) in [6.07, 6.45) is 5.40. The predicted molar refractivity (Wildman–Crippen MR) is 102 cm³/mol. The SMILES string of the molecule is CCC(C)C(=O)CCCCCc1cccc(NC(=O)C(C)C)c1Cl. The number of rotatable bonds is 10. The fourth-order valence-electron chi connectivity index (χ4n) is 2.41. The van der Waals surface area contributed by atoms with Gasteiger partial charge in [-0.1, -0.05) is 57.8 Å². The van der Waals surface area contributed by atoms with E-state index < -0.39 is 0 Å². The van der Waals surface area contributed by atoms with Gasteiger partial charge in [0.25, 0.3) is 0 Å². The number of aryl methyl sites for hydroxylation is 1. The molecule has 0 aliphatic heterocycles. The van der Waals surface area contributed by atoms with Crippen molar-refractivity contribution >= 4 is 29.0 Å². The van der Waals surface area contributed by atoms with Gasteiger partial charge in [-0.05, 0) is 37.3 Å². The highest BCUT2D eigenvalue weighted by atomic mass is 35.5. The van der Waals surface area contributed by atoms with Gasteiger partial charge in [0, 0.05) is 18.3 Å². The van der Waals surface area contributed by atoms with E-state index in [0.29, 0.717) is 22.9 Å². The molecule has 4 heteroatoms. The van der Waals surface area contributed by atoms with Gasteiger partial charge in [-0.15, -0.1) is 0 Å². The van der Waals surface area contributed by atoms with Gasteiger partial charge < -0.3 is 5.32 Å². The van der Waals surface area contributed by atoms with E-state index in [9.17, 15) is 9.59 Å². The van der Waals surface area contributed by atoms with Crippen LogP contribution in [0.3, 0.4) is 0 Å². The number of nitrogens with one attached hydrogen (secondary N) is 1. The molecule has 134 valence electrons. The first-order valence-electron chi connectivity index (χ1n) is 8.97. The van der Waals surface area contributed by atoms with Crippen molar-refractivity contribution < 1.29 is 9.59 Å². The lowest BCUT2D eigenvalue weighted by atomic mass is 9.98. The molecular weight excluding hydrogens is 322 g/mol. The Hall–Kier alpha value is -1.35. The molecule has 0 spiro atoms. The lowest BCUT2D eigenvalue weighted by Gasteiger charge is -2.12. The normalized spacial score (nSPS) is 12.2. The Morgan fingerprint density at radius 3 is 2.46 bits per heavy atom. The molecule has 24 heavy (non-hydrogen) atoms. The van der Waals surface area contributed by atoms with Gasteiger partial charge >= 0.3 is 0 Å². The van der Waals surface area contributed by atoms with Gasteiger partial charge in [0.1, 0.15) is 5.78 Å². The molecule has 1 aromatic rings. The van der Waals surface area contributed by atoms with Crippen LogP contribution in [0.4, 0.5) is 5.69 Å². The summed E-state index contributed by atoms with van der Waals surface area (Å²) in [7, 11) is 0. The molecule has 1 unspecified atom stereocenters. The molecule has 1 amide bonds. The van der Waals surface area contributed by atoms with E-state index in [1.54, 1.807) is 0 Å². The first kappa shape index (κ1) is 20.7. The van der Waals surface area contributed by atoms with Crippen LogP contribution in [-0.2, 0) is 16.0 Å². The quantitative estimate of drug-likeness (QED) is 0.553. The Morgan fingerprint density at radius 2 is 1.83 bits per heavy atom. The molecule has 1 aromatic carbocycles. The highest BCUT2D eigenvalue weighted by Gasteiger charge is 2.12. The molecular formula is C20H30ClNO2. The summed E-state index contributed by atoms with van der Waals surface area (Å²) >= 11 is 6.41. The van der Waals surface area contributed by atoms with E-state index >= 15 is 0 Å². The Morgan fingerprint density at radius 1 is 1.12 bits per heavy atom. The van der Waals surface area contributed by atoms with Crippen LogP contribution in [-0.4, -0.2) is 11.7 Å². The van der Waals surface area contributed by atoms with E-state index in [1.807, 2.05) is 39.0 Å². The molecule has 0 heterocycles. The summed E-state index contributed by atoms with van der Waals surface area (Å²) in [4.78, 5) is 23.6. The number of carbonyl (C=O) groups excluding carboxylic acids is 2. The molecule has 0 saturated heterocycles. The fraction of sp³-hybridized carbons (Fsp3) is 0.600. The number of Topliss-reactive ketones (excluding diaryl/α,β-unsaturated/α-hetero) is 1. The molecule has 0 aromatic heterocycles. The minimum absolute atomic E-state index is 0.0300. The van der Waals surface area contributed by atoms with Crippen LogP contribution in [0.25, 0.3) is 0 Å². The maximum atomic E-state index is 11.8. The average molecular weight is 352 g/mol. The second kappa shape index (κ2) is 10.5. The van der Waals surface area contributed by atoms with Gasteiger partial charge in [0.2, 0.25) is 5.91 Å². The highest BCUT2D eigenvalue weighted by molar-refractivity contribution is 6.34. The summed E-state index contributed by atoms with van der Waals surface area (Å²) < 4.78 is 0. The van der Waals surface area contributed by atoms with E-state index in [4.69, 9.17) is 11.6 Å². The van der Waals surface area contributed by atoms with Crippen molar-refractivity contribution in [2.45, 2.75) is 66.2 Å². The van der Waals surface area contributed by atoms with Crippen molar-refractivity contribution in [3.63, 3.8) is 0 Å². The number of amides is 1. The number of ketones is 1. The Bertz CT molecular complexity index is 555. The van der Waals surface area contributed by atoms with Gasteiger partial charge in [-0.25, -0.2) is 0 Å². The summed E-state index contributed by atoms with van der Waals surface area (Å²) in [6.45, 7) is 7.76.